The summed E-state index contributed by atoms with van der Waals surface area (Å²) in [5, 5.41) is 0. The van der Waals surface area contributed by atoms with Gasteiger partial charge in [0.1, 0.15) is 11.4 Å². The predicted molar refractivity (Wildman–Crippen MR) is 55.2 cm³/mol. The first-order valence-electron chi connectivity index (χ1n) is 5.79. The Bertz CT molecular complexity index is 297. The third-order valence-electron chi connectivity index (χ3n) is 4.05. The summed E-state index contributed by atoms with van der Waals surface area (Å²) in [6.07, 6.45) is 4.05. The van der Waals surface area contributed by atoms with Crippen LogP contribution in [0.15, 0.2) is 0 Å². The lowest BCUT2D eigenvalue weighted by Gasteiger charge is -2.32. The topological polar surface area (TPSA) is 43.4 Å². The van der Waals surface area contributed by atoms with E-state index in [2.05, 4.69) is 6.92 Å². The minimum absolute atomic E-state index is 0.0740. The fourth-order valence-corrected chi connectivity index (χ4v) is 3.39. The summed E-state index contributed by atoms with van der Waals surface area (Å²) >= 11 is 0. The van der Waals surface area contributed by atoms with Crippen LogP contribution in [0.1, 0.15) is 46.0 Å². The van der Waals surface area contributed by atoms with Crippen LogP contribution in [0.2, 0.25) is 0 Å². The van der Waals surface area contributed by atoms with Gasteiger partial charge in [-0.1, -0.05) is 6.92 Å². The fourth-order valence-electron chi connectivity index (χ4n) is 3.39. The number of carbonyl (C=O) groups excluding carboxylic acids is 2. The molecule has 15 heavy (non-hydrogen) atoms. The van der Waals surface area contributed by atoms with Gasteiger partial charge >= 0.3 is 5.97 Å². The molecule has 0 spiro atoms. The van der Waals surface area contributed by atoms with Crippen molar-refractivity contribution in [1.29, 1.82) is 0 Å². The molecule has 1 heterocycles. The second-order valence-corrected chi connectivity index (χ2v) is 4.86. The summed E-state index contributed by atoms with van der Waals surface area (Å²) in [6, 6.07) is 0. The van der Waals surface area contributed by atoms with Crippen LogP contribution in [0.25, 0.3) is 0 Å². The Labute approximate surface area is 90.2 Å². The van der Waals surface area contributed by atoms with Crippen molar-refractivity contribution in [3.8, 4) is 0 Å². The van der Waals surface area contributed by atoms with E-state index >= 15 is 0 Å². The highest BCUT2D eigenvalue weighted by Gasteiger charge is 2.56. The number of hydrogen-bond donors (Lipinski definition) is 0. The summed E-state index contributed by atoms with van der Waals surface area (Å²) in [4.78, 5) is 22.5. The van der Waals surface area contributed by atoms with Crippen LogP contribution >= 0.6 is 0 Å². The summed E-state index contributed by atoms with van der Waals surface area (Å²) in [5.41, 5.74) is -0.303. The number of ketones is 1. The van der Waals surface area contributed by atoms with Crippen LogP contribution < -0.4 is 0 Å². The SMILES string of the molecule is CC[C@@]12OC(=O)C[C@@H]1CC[C@@H]2CC(C)=O. The molecule has 0 unspecified atom stereocenters. The molecule has 0 amide bonds. The van der Waals surface area contributed by atoms with Crippen LogP contribution in [0.4, 0.5) is 0 Å². The van der Waals surface area contributed by atoms with E-state index in [4.69, 9.17) is 4.74 Å². The highest BCUT2D eigenvalue weighted by Crippen LogP contribution is 2.52. The number of hydrogen-bond acceptors (Lipinski definition) is 3. The highest BCUT2D eigenvalue weighted by atomic mass is 16.6. The molecule has 0 bridgehead atoms. The molecular formula is C12H18O3. The molecular weight excluding hydrogens is 192 g/mol. The molecule has 1 saturated carbocycles. The molecule has 2 fully saturated rings. The minimum atomic E-state index is -0.303. The Kier molecular flexibility index (Phi) is 2.57. The number of esters is 1. The van der Waals surface area contributed by atoms with Crippen LogP contribution in [0.3, 0.4) is 0 Å². The van der Waals surface area contributed by atoms with Gasteiger partial charge in [-0.2, -0.15) is 0 Å². The Balaban J connectivity index is 2.20. The van der Waals surface area contributed by atoms with E-state index in [1.165, 1.54) is 0 Å². The normalized spacial score (nSPS) is 38.9. The molecule has 0 N–H and O–H groups in total. The van der Waals surface area contributed by atoms with E-state index in [1.807, 2.05) is 0 Å². The van der Waals surface area contributed by atoms with E-state index in [1.54, 1.807) is 6.92 Å². The van der Waals surface area contributed by atoms with Gasteiger partial charge in [0, 0.05) is 18.3 Å². The van der Waals surface area contributed by atoms with Crippen LogP contribution in [-0.2, 0) is 14.3 Å². The highest BCUT2D eigenvalue weighted by molar-refractivity contribution is 5.77. The summed E-state index contributed by atoms with van der Waals surface area (Å²) in [6.45, 7) is 3.68. The molecule has 0 aromatic carbocycles. The van der Waals surface area contributed by atoms with Gasteiger partial charge in [-0.05, 0) is 26.2 Å². The largest absolute Gasteiger partial charge is 0.458 e. The zero-order valence-electron chi connectivity index (χ0n) is 9.41. The Hall–Kier alpha value is -0.860. The van der Waals surface area contributed by atoms with Crippen LogP contribution in [-0.4, -0.2) is 17.4 Å². The van der Waals surface area contributed by atoms with E-state index in [0.717, 1.165) is 19.3 Å². The Morgan fingerprint density at radius 3 is 2.87 bits per heavy atom. The molecule has 3 heteroatoms. The molecule has 2 aliphatic rings. The van der Waals surface area contributed by atoms with Crippen molar-refractivity contribution in [2.24, 2.45) is 11.8 Å². The lowest BCUT2D eigenvalue weighted by molar-refractivity contribution is -0.154. The first-order valence-corrected chi connectivity index (χ1v) is 5.79. The first-order chi connectivity index (χ1) is 7.08. The van der Waals surface area contributed by atoms with E-state index < -0.39 is 0 Å². The van der Waals surface area contributed by atoms with Gasteiger partial charge in [-0.15, -0.1) is 0 Å². The van der Waals surface area contributed by atoms with E-state index in [9.17, 15) is 9.59 Å². The zero-order valence-corrected chi connectivity index (χ0v) is 9.41. The maximum atomic E-state index is 11.3. The smallest absolute Gasteiger partial charge is 0.306 e. The van der Waals surface area contributed by atoms with Crippen molar-refractivity contribution >= 4 is 11.8 Å². The number of fused-ring (bicyclic) bond motifs is 1. The van der Waals surface area contributed by atoms with Crippen molar-refractivity contribution in [1.82, 2.24) is 0 Å². The Morgan fingerprint density at radius 1 is 1.53 bits per heavy atom. The lowest BCUT2D eigenvalue weighted by Crippen LogP contribution is -2.38. The standard InChI is InChI=1S/C12H18O3/c1-3-12-9(6-8(2)13)4-5-10(12)7-11(14)15-12/h9-10H,3-7H2,1-2H3/t9-,10+,12+/m1/s1. The average Bonchev–Trinajstić information content (AvgIpc) is 2.62. The lowest BCUT2D eigenvalue weighted by atomic mass is 9.80. The Morgan fingerprint density at radius 2 is 2.27 bits per heavy atom. The molecule has 3 nitrogen and oxygen atoms in total. The first kappa shape index (κ1) is 10.7. The van der Waals surface area contributed by atoms with Crippen molar-refractivity contribution < 1.29 is 14.3 Å². The summed E-state index contributed by atoms with van der Waals surface area (Å²) in [5.74, 6) is 0.752. The van der Waals surface area contributed by atoms with Crippen molar-refractivity contribution in [3.63, 3.8) is 0 Å². The number of rotatable bonds is 3. The van der Waals surface area contributed by atoms with Crippen molar-refractivity contribution in [2.45, 2.75) is 51.6 Å². The maximum Gasteiger partial charge on any atom is 0.306 e. The van der Waals surface area contributed by atoms with Crippen molar-refractivity contribution in [3.05, 3.63) is 0 Å². The number of carbonyl (C=O) groups is 2. The van der Waals surface area contributed by atoms with Gasteiger partial charge in [0.25, 0.3) is 0 Å². The molecule has 1 saturated heterocycles. The summed E-state index contributed by atoms with van der Waals surface area (Å²) in [7, 11) is 0. The quantitative estimate of drug-likeness (QED) is 0.670. The second-order valence-electron chi connectivity index (χ2n) is 4.86. The maximum absolute atomic E-state index is 11.3. The van der Waals surface area contributed by atoms with Gasteiger partial charge in [-0.25, -0.2) is 0 Å². The predicted octanol–water partition coefficient (Wildman–Crippen LogP) is 2.09. The molecule has 1 aliphatic heterocycles. The summed E-state index contributed by atoms with van der Waals surface area (Å²) < 4.78 is 5.54. The average molecular weight is 210 g/mol. The van der Waals surface area contributed by atoms with Gasteiger partial charge in [0.2, 0.25) is 0 Å². The second kappa shape index (κ2) is 3.62. The van der Waals surface area contributed by atoms with Crippen LogP contribution in [0, 0.1) is 11.8 Å². The molecule has 0 aromatic rings. The van der Waals surface area contributed by atoms with E-state index in [0.29, 0.717) is 18.8 Å². The van der Waals surface area contributed by atoms with Gasteiger partial charge in [0.05, 0.1) is 6.42 Å². The molecule has 1 aliphatic carbocycles. The van der Waals surface area contributed by atoms with E-state index in [-0.39, 0.29) is 23.3 Å². The number of ether oxygens (including phenoxy) is 1. The molecule has 2 rings (SSSR count). The molecule has 84 valence electrons. The fraction of sp³-hybridized carbons (Fsp3) is 0.833. The van der Waals surface area contributed by atoms with Crippen LogP contribution in [0.5, 0.6) is 0 Å². The molecule has 0 aromatic heterocycles. The van der Waals surface area contributed by atoms with Gasteiger partial charge in [-0.3, -0.25) is 4.79 Å². The van der Waals surface area contributed by atoms with Crippen molar-refractivity contribution in [2.75, 3.05) is 0 Å². The van der Waals surface area contributed by atoms with Gasteiger partial charge < -0.3 is 9.53 Å². The zero-order chi connectivity index (χ0) is 11.1. The van der Waals surface area contributed by atoms with Gasteiger partial charge in [0.15, 0.2) is 0 Å². The molecule has 0 radical (unpaired) electrons. The molecule has 3 atom stereocenters. The third kappa shape index (κ3) is 1.58. The number of Topliss-reactive ketones (excluding diaryl/α,β-unsaturated/α-hetero) is 1. The third-order valence-corrected chi connectivity index (χ3v) is 4.05. The minimum Gasteiger partial charge on any atom is -0.458 e. The monoisotopic (exact) mass is 210 g/mol.